The van der Waals surface area contributed by atoms with Gasteiger partial charge in [-0.15, -0.1) is 0 Å². The van der Waals surface area contributed by atoms with Gasteiger partial charge < -0.3 is 48.5 Å². The Balaban J connectivity index is 1.17. The predicted octanol–water partition coefficient (Wildman–Crippen LogP) is 5.17. The zero-order valence-electron chi connectivity index (χ0n) is 32.7. The lowest BCUT2D eigenvalue weighted by molar-refractivity contribution is -0.276. The van der Waals surface area contributed by atoms with Crippen molar-refractivity contribution in [2.45, 2.75) is 199 Å². The minimum absolute atomic E-state index is 0.0194. The molecule has 0 amide bonds. The van der Waals surface area contributed by atoms with Crippen LogP contribution in [0.15, 0.2) is 24.3 Å². The second-order valence-electron chi connectivity index (χ2n) is 18.1. The lowest BCUT2D eigenvalue weighted by Crippen LogP contribution is -2.65. The molecule has 7 rings (SSSR count). The summed E-state index contributed by atoms with van der Waals surface area (Å²) in [5.74, 6) is -0.00335. The average Bonchev–Trinajstić information content (AvgIpc) is 3.65. The van der Waals surface area contributed by atoms with Crippen LogP contribution >= 0.6 is 22.6 Å². The first-order chi connectivity index (χ1) is 25.7. The van der Waals surface area contributed by atoms with Gasteiger partial charge in [0.15, 0.2) is 0 Å². The fourth-order valence-electron chi connectivity index (χ4n) is 10.8. The molecule has 7 aliphatic heterocycles. The monoisotopic (exact) mass is 872 g/mol. The molecular formula is C42H65IO11. The first kappa shape index (κ1) is 41.6. The highest BCUT2D eigenvalue weighted by Gasteiger charge is 2.55. The molecule has 11 nitrogen and oxygen atoms in total. The molecule has 10 unspecified atom stereocenters. The minimum atomic E-state index is -0.956. The molecule has 9 bridgehead atoms. The molecule has 54 heavy (non-hydrogen) atoms. The maximum Gasteiger partial charge on any atom is 0.135 e. The molecule has 7 saturated heterocycles. The van der Waals surface area contributed by atoms with Gasteiger partial charge in [-0.25, -0.2) is 0 Å². The second kappa shape index (κ2) is 17.4. The van der Waals surface area contributed by atoms with E-state index in [0.717, 1.165) is 56.1 Å². The summed E-state index contributed by atoms with van der Waals surface area (Å²) in [5.41, 5.74) is 1.56. The number of hydrogen-bond donors (Lipinski definition) is 3. The van der Waals surface area contributed by atoms with Crippen molar-refractivity contribution in [1.29, 1.82) is 0 Å². The van der Waals surface area contributed by atoms with Crippen molar-refractivity contribution >= 4 is 28.4 Å². The Morgan fingerprint density at radius 1 is 0.889 bits per heavy atom. The van der Waals surface area contributed by atoms with Crippen LogP contribution in [0, 0.1) is 17.8 Å². The fraction of sp³-hybridized carbons (Fsp3) is 0.881. The van der Waals surface area contributed by atoms with Crippen LogP contribution in [0.3, 0.4) is 0 Å². The Morgan fingerprint density at radius 3 is 2.39 bits per heavy atom. The van der Waals surface area contributed by atoms with Gasteiger partial charge in [-0.05, 0) is 75.4 Å². The van der Waals surface area contributed by atoms with Crippen molar-refractivity contribution in [2.75, 3.05) is 13.7 Å². The predicted molar refractivity (Wildman–Crippen MR) is 209 cm³/mol. The molecule has 0 aromatic carbocycles. The van der Waals surface area contributed by atoms with Gasteiger partial charge in [-0.3, -0.25) is 4.79 Å². The lowest BCUT2D eigenvalue weighted by atomic mass is 9.78. The average molecular weight is 873 g/mol. The van der Waals surface area contributed by atoms with Crippen molar-refractivity contribution in [3.63, 3.8) is 0 Å². The van der Waals surface area contributed by atoms with Gasteiger partial charge in [-0.2, -0.15) is 0 Å². The summed E-state index contributed by atoms with van der Waals surface area (Å²) in [6, 6.07) is 0. The van der Waals surface area contributed by atoms with Gasteiger partial charge in [0.2, 0.25) is 0 Å². The van der Waals surface area contributed by atoms with Crippen LogP contribution in [0.1, 0.15) is 104 Å². The van der Waals surface area contributed by atoms with Crippen molar-refractivity contribution < 1.29 is 53.3 Å². The van der Waals surface area contributed by atoms with Gasteiger partial charge in [-0.1, -0.05) is 49.6 Å². The molecule has 0 aliphatic carbocycles. The van der Waals surface area contributed by atoms with E-state index in [4.69, 9.17) is 33.2 Å². The van der Waals surface area contributed by atoms with Crippen LogP contribution in [0.2, 0.25) is 0 Å². The first-order valence-corrected chi connectivity index (χ1v) is 22.0. The van der Waals surface area contributed by atoms with E-state index in [0.29, 0.717) is 19.3 Å². The Labute approximate surface area is 335 Å². The number of carbonyl (C=O) groups excluding carboxylic acids is 1. The van der Waals surface area contributed by atoms with E-state index in [-0.39, 0.29) is 114 Å². The van der Waals surface area contributed by atoms with Crippen LogP contribution < -0.4 is 0 Å². The Hall–Kier alpha value is -0.520. The SMILES string of the molecule is C=C1CC2CC[C@@]3(C)C[C@@H](O)C(C)[C@@H]4OC5CCC(CC(=O)CC6C(C[C@H]7O[C@@H](CCC1O2)C[C@@H](C)C7=C)O[C@H](CC(O)CO)[C@@H]6OC)O[C@@H]5C(O3)C4I. The highest BCUT2D eigenvalue weighted by molar-refractivity contribution is 14.1. The van der Waals surface area contributed by atoms with Gasteiger partial charge in [0.1, 0.15) is 18.0 Å². The third kappa shape index (κ3) is 8.89. The molecule has 306 valence electrons. The molecule has 7 heterocycles. The number of halogens is 1. The summed E-state index contributed by atoms with van der Waals surface area (Å²) in [6.45, 7) is 14.9. The maximum atomic E-state index is 14.1. The van der Waals surface area contributed by atoms with Gasteiger partial charge >= 0.3 is 0 Å². The second-order valence-corrected chi connectivity index (χ2v) is 19.5. The van der Waals surface area contributed by atoms with Gasteiger partial charge in [0, 0.05) is 51.0 Å². The number of fused-ring (bicyclic) bond motifs is 8. The molecule has 0 aromatic heterocycles. The molecular weight excluding hydrogens is 807 g/mol. The quantitative estimate of drug-likeness (QED) is 0.196. The number of hydrogen-bond acceptors (Lipinski definition) is 11. The standard InChI is InChI=1S/C42H65IO11/c1-21-13-27-7-9-32-22(2)14-29(49-32)11-12-42(5)19-31(47)24(4)38-37(43)41(54-42)40-33(53-38)10-8-28(51-40)15-25(45)16-30-35(18-34(50-27)23(21)3)52-36(39(30)48-6)17-26(46)20-44/h21,24,26-41,44,46-47H,2-3,7-20H2,1,4-6H3/t21-,24?,26?,27+,28?,29?,30?,31-,32?,33?,34-,35?,36-,37?,38+,39-,40+,41?,42+/m1/s1. The van der Waals surface area contributed by atoms with Crippen molar-refractivity contribution in [3.8, 4) is 0 Å². The van der Waals surface area contributed by atoms with Crippen molar-refractivity contribution in [1.82, 2.24) is 0 Å². The number of aliphatic hydroxyl groups is 3. The lowest BCUT2D eigenvalue weighted by Gasteiger charge is -2.54. The first-order valence-electron chi connectivity index (χ1n) is 20.7. The number of rotatable bonds is 4. The van der Waals surface area contributed by atoms with Crippen LogP contribution in [0.4, 0.5) is 0 Å². The zero-order chi connectivity index (χ0) is 38.5. The molecule has 7 fully saturated rings. The number of alkyl halides is 1. The van der Waals surface area contributed by atoms with E-state index < -0.39 is 30.0 Å². The molecule has 0 aromatic rings. The Bertz CT molecular complexity index is 1350. The van der Waals surface area contributed by atoms with Gasteiger partial charge in [0.25, 0.3) is 0 Å². The van der Waals surface area contributed by atoms with Crippen LogP contribution in [0.5, 0.6) is 0 Å². The molecule has 12 heteroatoms. The van der Waals surface area contributed by atoms with Gasteiger partial charge in [0.05, 0.1) is 89.4 Å². The highest BCUT2D eigenvalue weighted by Crippen LogP contribution is 2.47. The van der Waals surface area contributed by atoms with E-state index in [1.165, 1.54) is 0 Å². The summed E-state index contributed by atoms with van der Waals surface area (Å²) < 4.78 is 46.8. The van der Waals surface area contributed by atoms with E-state index >= 15 is 0 Å². The number of ether oxygens (including phenoxy) is 7. The zero-order valence-corrected chi connectivity index (χ0v) is 34.8. The minimum Gasteiger partial charge on any atom is -0.394 e. The fourth-order valence-corrected chi connectivity index (χ4v) is 12.1. The summed E-state index contributed by atoms with van der Waals surface area (Å²) >= 11 is 2.44. The van der Waals surface area contributed by atoms with Crippen molar-refractivity contribution in [2.24, 2.45) is 17.8 Å². The molecule has 0 saturated carbocycles. The number of Topliss-reactive ketones (excluding diaryl/α,β-unsaturated/α-hetero) is 1. The summed E-state index contributed by atoms with van der Waals surface area (Å²) in [4.78, 5) is 14.1. The normalized spacial score (nSPS) is 49.8. The summed E-state index contributed by atoms with van der Waals surface area (Å²) in [5, 5.41) is 31.6. The summed E-state index contributed by atoms with van der Waals surface area (Å²) in [7, 11) is 1.63. The third-order valence-corrected chi connectivity index (χ3v) is 15.4. The number of ketones is 1. The van der Waals surface area contributed by atoms with Crippen LogP contribution in [0.25, 0.3) is 0 Å². The topological polar surface area (TPSA) is 142 Å². The molecule has 3 N–H and O–H groups in total. The smallest absolute Gasteiger partial charge is 0.135 e. The van der Waals surface area contributed by atoms with Crippen LogP contribution in [-0.2, 0) is 38.0 Å². The molecule has 19 atom stereocenters. The highest BCUT2D eigenvalue weighted by atomic mass is 127. The summed E-state index contributed by atoms with van der Waals surface area (Å²) in [6.07, 6.45) is 3.81. The molecule has 0 spiro atoms. The maximum absolute atomic E-state index is 14.1. The number of methoxy groups -OCH3 is 1. The number of carbonyl (C=O) groups is 1. The molecule has 7 aliphatic rings. The largest absolute Gasteiger partial charge is 0.394 e. The Kier molecular flexibility index (Phi) is 13.4. The Morgan fingerprint density at radius 2 is 1.63 bits per heavy atom. The van der Waals surface area contributed by atoms with Crippen LogP contribution in [-0.4, -0.2) is 130 Å². The van der Waals surface area contributed by atoms with E-state index in [1.807, 2.05) is 0 Å². The van der Waals surface area contributed by atoms with E-state index in [9.17, 15) is 20.1 Å². The third-order valence-electron chi connectivity index (χ3n) is 14.0. The number of aliphatic hydroxyl groups excluding tert-OH is 3. The van der Waals surface area contributed by atoms with E-state index in [1.54, 1.807) is 7.11 Å². The van der Waals surface area contributed by atoms with E-state index in [2.05, 4.69) is 56.5 Å². The molecule has 0 radical (unpaired) electrons. The van der Waals surface area contributed by atoms with Crippen molar-refractivity contribution in [3.05, 3.63) is 24.3 Å².